The predicted octanol–water partition coefficient (Wildman–Crippen LogP) is 2.24. The highest BCUT2D eigenvalue weighted by atomic mass is 32.2. The number of carbonyl (C=O) groups excluding carboxylic acids is 1. The molecule has 0 unspecified atom stereocenters. The Balaban J connectivity index is 1.46. The molecule has 1 aliphatic heterocycles. The van der Waals surface area contributed by atoms with Gasteiger partial charge in [-0.05, 0) is 57.6 Å². The summed E-state index contributed by atoms with van der Waals surface area (Å²) in [6.45, 7) is 4.52. The lowest BCUT2D eigenvalue weighted by Gasteiger charge is -2.31. The van der Waals surface area contributed by atoms with Crippen LogP contribution < -0.4 is 11.1 Å². The van der Waals surface area contributed by atoms with Gasteiger partial charge in [-0.2, -0.15) is 4.31 Å². The molecule has 1 saturated carbocycles. The topological polar surface area (TPSA) is 102 Å². The number of nitrogens with zero attached hydrogens (tertiary/aromatic N) is 2. The first-order valence-corrected chi connectivity index (χ1v) is 11.6. The fourth-order valence-electron chi connectivity index (χ4n) is 3.95. The molecule has 0 spiro atoms. The van der Waals surface area contributed by atoms with Gasteiger partial charge in [0, 0.05) is 37.7 Å². The van der Waals surface area contributed by atoms with Gasteiger partial charge in [-0.25, -0.2) is 13.2 Å². The van der Waals surface area contributed by atoms with Crippen molar-refractivity contribution < 1.29 is 17.6 Å². The van der Waals surface area contributed by atoms with E-state index < -0.39 is 15.8 Å². The van der Waals surface area contributed by atoms with Crippen LogP contribution in [0.15, 0.2) is 32.3 Å². The summed E-state index contributed by atoms with van der Waals surface area (Å²) in [4.78, 5) is 24.1. The molecule has 1 aromatic heterocycles. The van der Waals surface area contributed by atoms with Gasteiger partial charge < -0.3 is 9.73 Å². The number of aromatic nitrogens is 1. The van der Waals surface area contributed by atoms with E-state index in [1.807, 2.05) is 13.8 Å². The monoisotopic (exact) mass is 421 g/mol. The van der Waals surface area contributed by atoms with Gasteiger partial charge in [0.1, 0.15) is 0 Å². The van der Waals surface area contributed by atoms with Crippen LogP contribution in [0.25, 0.3) is 11.1 Å². The molecule has 8 nitrogen and oxygen atoms in total. The van der Waals surface area contributed by atoms with Crippen LogP contribution in [-0.2, 0) is 14.8 Å². The Morgan fingerprint density at radius 1 is 1.21 bits per heavy atom. The summed E-state index contributed by atoms with van der Waals surface area (Å²) in [6, 6.07) is 4.86. The van der Waals surface area contributed by atoms with E-state index in [4.69, 9.17) is 4.42 Å². The summed E-state index contributed by atoms with van der Waals surface area (Å²) in [5, 5.41) is 2.99. The smallest absolute Gasteiger partial charge is 0.408 e. The molecule has 0 atom stereocenters. The van der Waals surface area contributed by atoms with E-state index in [1.54, 1.807) is 6.07 Å². The maximum absolute atomic E-state index is 13.1. The zero-order chi connectivity index (χ0) is 20.8. The van der Waals surface area contributed by atoms with Crippen LogP contribution in [0.2, 0.25) is 0 Å². The van der Waals surface area contributed by atoms with Crippen molar-refractivity contribution in [1.29, 1.82) is 0 Å². The molecule has 1 aliphatic carbocycles. The Bertz CT molecular complexity index is 1070. The predicted molar refractivity (Wildman–Crippen MR) is 108 cm³/mol. The van der Waals surface area contributed by atoms with Crippen LogP contribution in [0, 0.1) is 5.92 Å². The summed E-state index contributed by atoms with van der Waals surface area (Å²) >= 11 is 0. The number of hydrogen-bond donors (Lipinski definition) is 1. The van der Waals surface area contributed by atoms with Crippen molar-refractivity contribution in [1.82, 2.24) is 14.2 Å². The zero-order valence-corrected chi connectivity index (χ0v) is 17.6. The average molecular weight is 422 g/mol. The Morgan fingerprint density at radius 3 is 2.52 bits per heavy atom. The number of nitrogens with one attached hydrogen (secondary N) is 1. The molecule has 1 saturated heterocycles. The van der Waals surface area contributed by atoms with Crippen molar-refractivity contribution in [2.75, 3.05) is 13.1 Å². The molecular weight excluding hydrogens is 394 g/mol. The minimum absolute atomic E-state index is 0.0731. The third kappa shape index (κ3) is 4.11. The van der Waals surface area contributed by atoms with Gasteiger partial charge in [-0.1, -0.05) is 0 Å². The number of sulfonamides is 1. The van der Waals surface area contributed by atoms with Gasteiger partial charge in [-0.3, -0.25) is 9.36 Å². The Hall–Kier alpha value is -2.13. The van der Waals surface area contributed by atoms with Gasteiger partial charge >= 0.3 is 5.76 Å². The second-order valence-electron chi connectivity index (χ2n) is 8.35. The standard InChI is InChI=1S/C20H27N3O5S/c1-13(2)23-17-6-5-16(12-18(17)28-20(23)25)29(26,27)22-9-7-14(8-10-22)11-19(24)21-15-3-4-15/h5-6,12-15H,3-4,7-11H2,1-2H3,(H,21,24). The lowest BCUT2D eigenvalue weighted by Crippen LogP contribution is -2.39. The Kier molecular flexibility index (Phi) is 5.29. The van der Waals surface area contributed by atoms with Crippen molar-refractivity contribution in [3.8, 4) is 0 Å². The van der Waals surface area contributed by atoms with Gasteiger partial charge in [0.25, 0.3) is 0 Å². The molecule has 1 amide bonds. The van der Waals surface area contributed by atoms with Crippen molar-refractivity contribution in [3.05, 3.63) is 28.7 Å². The molecule has 2 aliphatic rings. The number of oxazole rings is 1. The molecule has 0 bridgehead atoms. The quantitative estimate of drug-likeness (QED) is 0.771. The second-order valence-corrected chi connectivity index (χ2v) is 10.3. The molecule has 2 fully saturated rings. The minimum atomic E-state index is -3.68. The maximum Gasteiger partial charge on any atom is 0.420 e. The lowest BCUT2D eigenvalue weighted by atomic mass is 9.94. The third-order valence-electron chi connectivity index (χ3n) is 5.73. The van der Waals surface area contributed by atoms with Gasteiger partial charge in [0.15, 0.2) is 5.58 Å². The Morgan fingerprint density at radius 2 is 1.90 bits per heavy atom. The molecular formula is C20H27N3O5S. The fourth-order valence-corrected chi connectivity index (χ4v) is 5.43. The first-order chi connectivity index (χ1) is 13.8. The van der Waals surface area contributed by atoms with Gasteiger partial charge in [-0.15, -0.1) is 0 Å². The summed E-state index contributed by atoms with van der Waals surface area (Å²) in [5.41, 5.74) is 0.862. The van der Waals surface area contributed by atoms with E-state index in [2.05, 4.69) is 5.32 Å². The highest BCUT2D eigenvalue weighted by Crippen LogP contribution is 2.28. The number of fused-ring (bicyclic) bond motifs is 1. The number of benzene rings is 1. The van der Waals surface area contributed by atoms with Crippen LogP contribution in [0.5, 0.6) is 0 Å². The molecule has 2 heterocycles. The third-order valence-corrected chi connectivity index (χ3v) is 7.62. The highest BCUT2D eigenvalue weighted by molar-refractivity contribution is 7.89. The summed E-state index contributed by atoms with van der Waals surface area (Å²) in [7, 11) is -3.68. The number of piperidine rings is 1. The minimum Gasteiger partial charge on any atom is -0.408 e. The number of hydrogen-bond acceptors (Lipinski definition) is 5. The van der Waals surface area contributed by atoms with Gasteiger partial charge in [0.05, 0.1) is 10.4 Å². The number of rotatable bonds is 6. The van der Waals surface area contributed by atoms with E-state index in [9.17, 15) is 18.0 Å². The Labute approximate surface area is 169 Å². The molecule has 4 rings (SSSR count). The van der Waals surface area contributed by atoms with Crippen LogP contribution in [-0.4, -0.2) is 42.3 Å². The highest BCUT2D eigenvalue weighted by Gasteiger charge is 2.31. The molecule has 2 aromatic rings. The molecule has 9 heteroatoms. The largest absolute Gasteiger partial charge is 0.420 e. The second kappa shape index (κ2) is 7.60. The van der Waals surface area contributed by atoms with Crippen molar-refractivity contribution in [3.63, 3.8) is 0 Å². The first-order valence-electron chi connectivity index (χ1n) is 10.2. The van der Waals surface area contributed by atoms with E-state index in [-0.39, 0.29) is 28.3 Å². The first kappa shape index (κ1) is 20.2. The summed E-state index contributed by atoms with van der Waals surface area (Å²) in [5.74, 6) is -0.209. The maximum atomic E-state index is 13.1. The fraction of sp³-hybridized carbons (Fsp3) is 0.600. The summed E-state index contributed by atoms with van der Waals surface area (Å²) in [6.07, 6.45) is 3.92. The SMILES string of the molecule is CC(C)n1c(=O)oc2cc(S(=O)(=O)N3CCC(CC(=O)NC4CC4)CC3)ccc21. The normalized spacial score (nSPS) is 19.1. The van der Waals surface area contributed by atoms with Crippen LogP contribution in [0.1, 0.15) is 52.0 Å². The molecule has 0 radical (unpaired) electrons. The summed E-state index contributed by atoms with van der Waals surface area (Å²) < 4.78 is 34.3. The van der Waals surface area contributed by atoms with Crippen molar-refractivity contribution >= 4 is 27.0 Å². The van der Waals surface area contributed by atoms with Crippen LogP contribution in [0.3, 0.4) is 0 Å². The van der Waals surface area contributed by atoms with Crippen LogP contribution >= 0.6 is 0 Å². The molecule has 1 N–H and O–H groups in total. The number of carbonyl (C=O) groups is 1. The van der Waals surface area contributed by atoms with Gasteiger partial charge in [0.2, 0.25) is 15.9 Å². The molecule has 29 heavy (non-hydrogen) atoms. The lowest BCUT2D eigenvalue weighted by molar-refractivity contribution is -0.122. The molecule has 1 aromatic carbocycles. The van der Waals surface area contributed by atoms with E-state index >= 15 is 0 Å². The number of amides is 1. The molecule has 158 valence electrons. The van der Waals surface area contributed by atoms with Crippen LogP contribution in [0.4, 0.5) is 0 Å². The van der Waals surface area contributed by atoms with Crippen molar-refractivity contribution in [2.24, 2.45) is 5.92 Å². The van der Waals surface area contributed by atoms with E-state index in [1.165, 1.54) is 21.0 Å². The average Bonchev–Trinajstić information content (AvgIpc) is 3.40. The van der Waals surface area contributed by atoms with Crippen molar-refractivity contribution in [2.45, 2.75) is 62.9 Å². The van der Waals surface area contributed by atoms with E-state index in [0.717, 1.165) is 12.8 Å². The zero-order valence-electron chi connectivity index (χ0n) is 16.8. The van der Waals surface area contributed by atoms with E-state index in [0.29, 0.717) is 43.9 Å².